The summed E-state index contributed by atoms with van der Waals surface area (Å²) in [5, 5.41) is 8.63. The average molecular weight is 475 g/mol. The van der Waals surface area contributed by atoms with Gasteiger partial charge in [0, 0.05) is 23.5 Å². The van der Waals surface area contributed by atoms with Gasteiger partial charge in [-0.05, 0) is 50.8 Å². The molecule has 2 aromatic carbocycles. The molecule has 0 saturated heterocycles. The number of ether oxygens (including phenoxy) is 2. The maximum atomic E-state index is 12.9. The van der Waals surface area contributed by atoms with Gasteiger partial charge in [0.25, 0.3) is 0 Å². The van der Waals surface area contributed by atoms with Gasteiger partial charge in [-0.25, -0.2) is 4.98 Å². The topological polar surface area (TPSA) is 78.3 Å². The van der Waals surface area contributed by atoms with Crippen LogP contribution in [0.4, 0.5) is 5.82 Å². The largest absolute Gasteiger partial charge is 0.493 e. The van der Waals surface area contributed by atoms with E-state index in [4.69, 9.17) is 19.6 Å². The van der Waals surface area contributed by atoms with Crippen molar-refractivity contribution in [3.63, 3.8) is 0 Å². The van der Waals surface area contributed by atoms with Crippen molar-refractivity contribution in [3.05, 3.63) is 59.3 Å². The van der Waals surface area contributed by atoms with Gasteiger partial charge in [0.15, 0.2) is 11.5 Å². The molecule has 1 saturated carbocycles. The quantitative estimate of drug-likeness (QED) is 0.408. The van der Waals surface area contributed by atoms with E-state index < -0.39 is 0 Å². The molecule has 0 spiro atoms. The fourth-order valence-electron chi connectivity index (χ4n) is 5.17. The van der Waals surface area contributed by atoms with Gasteiger partial charge in [-0.1, -0.05) is 35.6 Å². The summed E-state index contributed by atoms with van der Waals surface area (Å²) in [4.78, 5) is 17.7. The maximum Gasteiger partial charge on any atom is 0.226 e. The monoisotopic (exact) mass is 474 g/mol. The first kappa shape index (κ1) is 21.2. The minimum atomic E-state index is -0.182. The third kappa shape index (κ3) is 3.53. The van der Waals surface area contributed by atoms with E-state index in [1.54, 1.807) is 23.1 Å². The van der Waals surface area contributed by atoms with E-state index in [1.165, 1.54) is 12.8 Å². The van der Waals surface area contributed by atoms with Crippen molar-refractivity contribution in [2.45, 2.75) is 51.0 Å². The standard InChI is InChI=1S/C26H26N4O3S/c1-15-23-18(17-10-7-12-20(32-2)24(17)33-16-8-3-4-9-16)14-22(31)28-25(23)30(29-15)26-27-19-11-5-6-13-21(19)34-26/h5-7,10-13,16,18H,3-4,8-9,14H2,1-2H3,(H,28,31). The van der Waals surface area contributed by atoms with Crippen LogP contribution in [0.15, 0.2) is 42.5 Å². The zero-order valence-corrected chi connectivity index (χ0v) is 20.0. The Bertz CT molecular complexity index is 1350. The van der Waals surface area contributed by atoms with Gasteiger partial charge in [0.1, 0.15) is 5.82 Å². The van der Waals surface area contributed by atoms with Gasteiger partial charge in [-0.15, -0.1) is 0 Å². The van der Waals surface area contributed by atoms with Crippen molar-refractivity contribution in [1.29, 1.82) is 0 Å². The van der Waals surface area contributed by atoms with Crippen LogP contribution in [0.1, 0.15) is 54.8 Å². The molecule has 4 aromatic rings. The number of hydrogen-bond acceptors (Lipinski definition) is 6. The van der Waals surface area contributed by atoms with E-state index in [0.717, 1.165) is 50.8 Å². The molecule has 3 heterocycles. The van der Waals surface area contributed by atoms with Crippen LogP contribution in [0.3, 0.4) is 0 Å². The van der Waals surface area contributed by atoms with Crippen LogP contribution in [0.25, 0.3) is 15.3 Å². The second-order valence-electron chi connectivity index (χ2n) is 8.93. The fourth-order valence-corrected chi connectivity index (χ4v) is 6.09. The van der Waals surface area contributed by atoms with Gasteiger partial charge in [0.05, 0.1) is 29.1 Å². The van der Waals surface area contributed by atoms with Gasteiger partial charge in [0.2, 0.25) is 11.0 Å². The van der Waals surface area contributed by atoms with Gasteiger partial charge in [-0.3, -0.25) is 4.79 Å². The number of anilines is 1. The smallest absolute Gasteiger partial charge is 0.226 e. The SMILES string of the molecule is COc1cccc(C2CC(=O)Nc3c2c(C)nn3-c2nc3ccccc3s2)c1OC1CCCC1. The number of nitrogens with one attached hydrogen (secondary N) is 1. The lowest BCUT2D eigenvalue weighted by atomic mass is 9.85. The van der Waals surface area contributed by atoms with Gasteiger partial charge < -0.3 is 14.8 Å². The van der Waals surface area contributed by atoms with Crippen LogP contribution < -0.4 is 14.8 Å². The van der Waals surface area contributed by atoms with Crippen LogP contribution in [0.5, 0.6) is 11.5 Å². The number of nitrogens with zero attached hydrogens (tertiary/aromatic N) is 3. The molecule has 0 radical (unpaired) electrons. The van der Waals surface area contributed by atoms with Crippen LogP contribution in [-0.4, -0.2) is 33.9 Å². The lowest BCUT2D eigenvalue weighted by Crippen LogP contribution is -2.25. The third-order valence-corrected chi connectivity index (χ3v) is 7.77. The molecule has 0 bridgehead atoms. The summed E-state index contributed by atoms with van der Waals surface area (Å²) < 4.78 is 15.1. The summed E-state index contributed by atoms with van der Waals surface area (Å²) in [6, 6.07) is 14.0. The van der Waals surface area contributed by atoms with Crippen molar-refractivity contribution >= 4 is 33.3 Å². The van der Waals surface area contributed by atoms with Crippen molar-refractivity contribution in [2.24, 2.45) is 0 Å². The highest BCUT2D eigenvalue weighted by atomic mass is 32.1. The number of rotatable bonds is 5. The molecule has 1 N–H and O–H groups in total. The molecule has 2 aliphatic rings. The van der Waals surface area contributed by atoms with Crippen LogP contribution in [0, 0.1) is 6.92 Å². The number of amides is 1. The lowest BCUT2D eigenvalue weighted by Gasteiger charge is -2.27. The Morgan fingerprint density at radius 3 is 2.74 bits per heavy atom. The van der Waals surface area contributed by atoms with Crippen LogP contribution in [-0.2, 0) is 4.79 Å². The fraction of sp³-hybridized carbons (Fsp3) is 0.346. The Balaban J connectivity index is 1.48. The number of para-hydroxylation sites is 2. The minimum Gasteiger partial charge on any atom is -0.493 e. The highest BCUT2D eigenvalue weighted by molar-refractivity contribution is 7.20. The molecule has 1 unspecified atom stereocenters. The second kappa shape index (κ2) is 8.43. The highest BCUT2D eigenvalue weighted by Gasteiger charge is 2.36. The first-order valence-electron chi connectivity index (χ1n) is 11.7. The van der Waals surface area contributed by atoms with E-state index in [0.29, 0.717) is 18.0 Å². The first-order chi connectivity index (χ1) is 16.6. The number of carbonyl (C=O) groups excluding carboxylic acids is 1. The van der Waals surface area contributed by atoms with Gasteiger partial charge in [-0.2, -0.15) is 9.78 Å². The second-order valence-corrected chi connectivity index (χ2v) is 9.94. The minimum absolute atomic E-state index is 0.0469. The van der Waals surface area contributed by atoms with E-state index in [2.05, 4.69) is 5.32 Å². The molecule has 6 rings (SSSR count). The molecule has 1 amide bonds. The van der Waals surface area contributed by atoms with Crippen molar-refractivity contribution in [2.75, 3.05) is 12.4 Å². The number of carbonyl (C=O) groups is 1. The maximum absolute atomic E-state index is 12.9. The Kier molecular flexibility index (Phi) is 5.25. The highest BCUT2D eigenvalue weighted by Crippen LogP contribution is 2.47. The number of hydrogen-bond donors (Lipinski definition) is 1. The number of aromatic nitrogens is 3. The average Bonchev–Trinajstić information content (AvgIpc) is 3.57. The van der Waals surface area contributed by atoms with Crippen LogP contribution >= 0.6 is 11.3 Å². The number of benzene rings is 2. The summed E-state index contributed by atoms with van der Waals surface area (Å²) in [5.74, 6) is 1.91. The molecular weight excluding hydrogens is 448 g/mol. The number of aryl methyl sites for hydroxylation is 1. The third-order valence-electron chi connectivity index (χ3n) is 6.76. The van der Waals surface area contributed by atoms with E-state index in [1.807, 2.05) is 49.4 Å². The number of thiazole rings is 1. The summed E-state index contributed by atoms with van der Waals surface area (Å²) in [6.45, 7) is 1.99. The van der Waals surface area contributed by atoms with E-state index >= 15 is 0 Å². The Labute approximate surface area is 201 Å². The molecule has 2 aromatic heterocycles. The Morgan fingerprint density at radius 2 is 1.94 bits per heavy atom. The van der Waals surface area contributed by atoms with E-state index in [-0.39, 0.29) is 17.9 Å². The van der Waals surface area contributed by atoms with Crippen molar-refractivity contribution in [3.8, 4) is 16.6 Å². The Morgan fingerprint density at radius 1 is 1.12 bits per heavy atom. The van der Waals surface area contributed by atoms with Crippen molar-refractivity contribution < 1.29 is 14.3 Å². The summed E-state index contributed by atoms with van der Waals surface area (Å²) in [5.41, 5.74) is 3.76. The van der Waals surface area contributed by atoms with E-state index in [9.17, 15) is 4.79 Å². The molecule has 1 fully saturated rings. The molecule has 1 atom stereocenters. The van der Waals surface area contributed by atoms with Crippen molar-refractivity contribution in [1.82, 2.24) is 14.8 Å². The summed E-state index contributed by atoms with van der Waals surface area (Å²) >= 11 is 1.56. The normalized spacial score (nSPS) is 18.2. The summed E-state index contributed by atoms with van der Waals surface area (Å²) in [6.07, 6.45) is 4.95. The van der Waals surface area contributed by atoms with Gasteiger partial charge >= 0.3 is 0 Å². The zero-order valence-electron chi connectivity index (χ0n) is 19.2. The molecular formula is C26H26N4O3S. The molecule has 1 aliphatic heterocycles. The van der Waals surface area contributed by atoms with Crippen LogP contribution in [0.2, 0.25) is 0 Å². The molecule has 1 aliphatic carbocycles. The molecule has 8 heteroatoms. The lowest BCUT2D eigenvalue weighted by molar-refractivity contribution is -0.116. The zero-order chi connectivity index (χ0) is 23.2. The number of methoxy groups -OCH3 is 1. The first-order valence-corrected chi connectivity index (χ1v) is 12.5. The Hall–Kier alpha value is -3.39. The summed E-state index contributed by atoms with van der Waals surface area (Å²) in [7, 11) is 1.66. The predicted molar refractivity (Wildman–Crippen MR) is 132 cm³/mol. The molecule has 34 heavy (non-hydrogen) atoms. The molecule has 174 valence electrons. The predicted octanol–water partition coefficient (Wildman–Crippen LogP) is 5.59. The molecule has 7 nitrogen and oxygen atoms in total. The number of fused-ring (bicyclic) bond motifs is 2.